The van der Waals surface area contributed by atoms with Crippen LogP contribution in [0.3, 0.4) is 0 Å². The summed E-state index contributed by atoms with van der Waals surface area (Å²) in [6.07, 6.45) is 0.982. The van der Waals surface area contributed by atoms with Gasteiger partial charge in [0.05, 0.1) is 24.8 Å². The largest absolute Gasteiger partial charge is 0.393 e. The SMILES string of the molecule is CO[C@H](COC(CO)(CCCc1nn[nH]n1)P(=O)(O)O)[C@@H](O)[C@@H](O)n1ncc2c(NC3CCCC3)nc(Cl)nc21. The van der Waals surface area contributed by atoms with E-state index >= 15 is 0 Å². The standard InChI is InChI=1S/C21H33ClN9O8P/c1-38-14(10-39-21(11-32,40(35,36)37)8-4-7-15-27-29-30-28-15)16(33)19(34)31-18-13(9-23-31)17(25-20(22)26-18)24-12-5-2-3-6-12/h9,12,14,16,19,32-34H,2-8,10-11H2,1H3,(H,24,25,26)(H2,35,36,37)(H,27,28,29,30)/t14-,16-,19-,21?/m1/s1. The van der Waals surface area contributed by atoms with Gasteiger partial charge >= 0.3 is 7.60 Å². The third kappa shape index (κ3) is 6.75. The molecule has 3 aromatic heterocycles. The van der Waals surface area contributed by atoms with Crippen molar-refractivity contribution < 1.29 is 39.1 Å². The van der Waals surface area contributed by atoms with E-state index in [0.29, 0.717) is 17.0 Å². The lowest BCUT2D eigenvalue weighted by Crippen LogP contribution is -2.44. The predicted molar refractivity (Wildman–Crippen MR) is 139 cm³/mol. The number of aromatic nitrogens is 8. The zero-order valence-corrected chi connectivity index (χ0v) is 23.3. The Balaban J connectivity index is 1.48. The van der Waals surface area contributed by atoms with Crippen LogP contribution < -0.4 is 5.32 Å². The highest BCUT2D eigenvalue weighted by atomic mass is 35.5. The Hall–Kier alpha value is -2.34. The van der Waals surface area contributed by atoms with E-state index in [9.17, 15) is 29.7 Å². The van der Waals surface area contributed by atoms with E-state index in [-0.39, 0.29) is 36.2 Å². The van der Waals surface area contributed by atoms with Gasteiger partial charge in [0.25, 0.3) is 0 Å². The van der Waals surface area contributed by atoms with Gasteiger partial charge in [-0.15, -0.1) is 10.2 Å². The van der Waals surface area contributed by atoms with Crippen LogP contribution in [0.4, 0.5) is 5.82 Å². The Bertz CT molecular complexity index is 1290. The van der Waals surface area contributed by atoms with E-state index in [0.717, 1.165) is 30.4 Å². The zero-order valence-electron chi connectivity index (χ0n) is 21.7. The number of halogens is 1. The van der Waals surface area contributed by atoms with Crippen LogP contribution in [0, 0.1) is 0 Å². The molecule has 19 heteroatoms. The summed E-state index contributed by atoms with van der Waals surface area (Å²) in [5.41, 5.74) is 0.157. The highest BCUT2D eigenvalue weighted by Gasteiger charge is 2.48. The number of H-pyrrole nitrogens is 1. The second-order valence-electron chi connectivity index (χ2n) is 9.61. The molecule has 0 radical (unpaired) electrons. The number of aryl methyl sites for hydroxylation is 1. The molecule has 0 amide bonds. The Labute approximate surface area is 233 Å². The topological polar surface area (TPSA) is 247 Å². The van der Waals surface area contributed by atoms with Crippen LogP contribution in [0.1, 0.15) is 50.6 Å². The molecule has 7 N–H and O–H groups in total. The van der Waals surface area contributed by atoms with E-state index in [1.165, 1.54) is 13.3 Å². The molecule has 17 nitrogen and oxygen atoms in total. The third-order valence-electron chi connectivity index (χ3n) is 7.01. The number of aliphatic hydroxyl groups excluding tert-OH is 3. The third-order valence-corrected chi connectivity index (χ3v) is 8.74. The molecule has 0 aliphatic heterocycles. The van der Waals surface area contributed by atoms with Gasteiger partial charge in [-0.25, -0.2) is 4.68 Å². The average molecular weight is 606 g/mol. The van der Waals surface area contributed by atoms with Gasteiger partial charge in [0.15, 0.2) is 23.0 Å². The van der Waals surface area contributed by atoms with Crippen molar-refractivity contribution in [2.24, 2.45) is 0 Å². The Kier molecular flexibility index (Phi) is 10.0. The fraction of sp³-hybridized carbons (Fsp3) is 0.714. The maximum Gasteiger partial charge on any atom is 0.359 e. The molecule has 1 aliphatic carbocycles. The molecule has 4 rings (SSSR count). The van der Waals surface area contributed by atoms with Gasteiger partial charge in [-0.1, -0.05) is 18.1 Å². The van der Waals surface area contributed by atoms with Gasteiger partial charge in [0, 0.05) is 19.6 Å². The zero-order chi connectivity index (χ0) is 28.9. The molecule has 4 atom stereocenters. The highest BCUT2D eigenvalue weighted by molar-refractivity contribution is 7.53. The second kappa shape index (κ2) is 13.1. The fourth-order valence-corrected chi connectivity index (χ4v) is 5.72. The first-order chi connectivity index (χ1) is 19.1. The smallest absolute Gasteiger partial charge is 0.359 e. The van der Waals surface area contributed by atoms with Crippen molar-refractivity contribution in [3.05, 3.63) is 17.3 Å². The van der Waals surface area contributed by atoms with Crippen LogP contribution in [0.25, 0.3) is 11.0 Å². The molecule has 222 valence electrons. The van der Waals surface area contributed by atoms with E-state index in [1.54, 1.807) is 0 Å². The van der Waals surface area contributed by atoms with Crippen molar-refractivity contribution in [2.75, 3.05) is 25.6 Å². The van der Waals surface area contributed by atoms with Crippen LogP contribution >= 0.6 is 19.2 Å². The Morgan fingerprint density at radius 1 is 1.30 bits per heavy atom. The van der Waals surface area contributed by atoms with E-state index in [1.807, 2.05) is 0 Å². The maximum absolute atomic E-state index is 12.4. The number of hydrogen-bond acceptors (Lipinski definition) is 13. The molecule has 3 aromatic rings. The highest BCUT2D eigenvalue weighted by Crippen LogP contribution is 2.53. The molecule has 0 spiro atoms. The molecular formula is C21H33ClN9O8P. The number of ether oxygens (including phenoxy) is 2. The minimum atomic E-state index is -5.03. The predicted octanol–water partition coefficient (Wildman–Crippen LogP) is 0.120. The first-order valence-corrected chi connectivity index (χ1v) is 14.7. The molecule has 1 saturated carbocycles. The van der Waals surface area contributed by atoms with Gasteiger partial charge in [-0.3, -0.25) is 4.57 Å². The van der Waals surface area contributed by atoms with Gasteiger partial charge in [0.1, 0.15) is 18.0 Å². The van der Waals surface area contributed by atoms with Gasteiger partial charge in [-0.05, 0) is 37.3 Å². The second-order valence-corrected chi connectivity index (χ2v) is 11.9. The summed E-state index contributed by atoms with van der Waals surface area (Å²) in [6.45, 7) is -1.61. The quantitative estimate of drug-likeness (QED) is 0.0897. The molecular weight excluding hydrogens is 573 g/mol. The molecule has 1 aliphatic rings. The Morgan fingerprint density at radius 3 is 2.67 bits per heavy atom. The molecule has 3 heterocycles. The lowest BCUT2D eigenvalue weighted by Gasteiger charge is -2.35. The molecule has 40 heavy (non-hydrogen) atoms. The molecule has 0 aromatic carbocycles. The minimum absolute atomic E-state index is 0.0849. The summed E-state index contributed by atoms with van der Waals surface area (Å²) < 4.78 is 24.2. The van der Waals surface area contributed by atoms with Crippen molar-refractivity contribution in [1.82, 2.24) is 40.4 Å². The fourth-order valence-electron chi connectivity index (χ4n) is 4.68. The van der Waals surface area contributed by atoms with E-state index < -0.39 is 44.6 Å². The van der Waals surface area contributed by atoms with Crippen LogP contribution in [-0.4, -0.2) is 109 Å². The maximum atomic E-state index is 12.4. The summed E-state index contributed by atoms with van der Waals surface area (Å²) in [7, 11) is -3.81. The lowest BCUT2D eigenvalue weighted by molar-refractivity contribution is -0.148. The molecule has 1 unspecified atom stereocenters. The number of fused-ring (bicyclic) bond motifs is 1. The number of rotatable bonds is 15. The number of aliphatic hydroxyl groups is 3. The summed E-state index contributed by atoms with van der Waals surface area (Å²) in [4.78, 5) is 28.5. The van der Waals surface area contributed by atoms with Gasteiger partial charge < -0.3 is 39.9 Å². The molecule has 0 saturated heterocycles. The number of tetrazole rings is 1. The summed E-state index contributed by atoms with van der Waals surface area (Å²) in [6, 6.07) is 0.219. The Morgan fingerprint density at radius 2 is 2.05 bits per heavy atom. The molecule has 1 fully saturated rings. The monoisotopic (exact) mass is 605 g/mol. The summed E-state index contributed by atoms with van der Waals surface area (Å²) >= 11 is 6.14. The van der Waals surface area contributed by atoms with Crippen molar-refractivity contribution >= 4 is 36.0 Å². The van der Waals surface area contributed by atoms with Gasteiger partial charge in [-0.2, -0.15) is 20.3 Å². The summed E-state index contributed by atoms with van der Waals surface area (Å²) in [5.74, 6) is 0.777. The average Bonchev–Trinajstić information content (AvgIpc) is 3.69. The van der Waals surface area contributed by atoms with Gasteiger partial charge in [0.2, 0.25) is 5.28 Å². The molecule has 0 bridgehead atoms. The number of hydrogen-bond donors (Lipinski definition) is 7. The first-order valence-electron chi connectivity index (χ1n) is 12.7. The number of anilines is 1. The van der Waals surface area contributed by atoms with Crippen LogP contribution in [0.15, 0.2) is 6.20 Å². The van der Waals surface area contributed by atoms with E-state index in [4.69, 9.17) is 21.1 Å². The van der Waals surface area contributed by atoms with Crippen LogP contribution in [0.2, 0.25) is 5.28 Å². The van der Waals surface area contributed by atoms with Crippen molar-refractivity contribution in [3.63, 3.8) is 0 Å². The number of nitrogens with zero attached hydrogens (tertiary/aromatic N) is 7. The first kappa shape index (κ1) is 30.6. The number of aromatic amines is 1. The van der Waals surface area contributed by atoms with Crippen molar-refractivity contribution in [1.29, 1.82) is 0 Å². The van der Waals surface area contributed by atoms with E-state index in [2.05, 4.69) is 41.0 Å². The van der Waals surface area contributed by atoms with Crippen molar-refractivity contribution in [2.45, 2.75) is 74.8 Å². The van der Waals surface area contributed by atoms with Crippen LogP contribution in [-0.2, 0) is 20.5 Å². The summed E-state index contributed by atoms with van der Waals surface area (Å²) in [5, 5.41) is 50.8. The number of nitrogens with one attached hydrogen (secondary N) is 2. The normalized spacial score (nSPS) is 18.6. The van der Waals surface area contributed by atoms with Crippen LogP contribution in [0.5, 0.6) is 0 Å². The lowest BCUT2D eigenvalue weighted by atomic mass is 10.1. The number of methoxy groups -OCH3 is 1. The van der Waals surface area contributed by atoms with Crippen molar-refractivity contribution in [3.8, 4) is 0 Å². The minimum Gasteiger partial charge on any atom is -0.393 e.